The summed E-state index contributed by atoms with van der Waals surface area (Å²) in [5.41, 5.74) is 0. The molecule has 2 nitrogen and oxygen atoms in total. The summed E-state index contributed by atoms with van der Waals surface area (Å²) in [7, 11) is -3.91. The predicted molar refractivity (Wildman–Crippen MR) is 121 cm³/mol. The highest BCUT2D eigenvalue weighted by Gasteiger charge is 2.58. The van der Waals surface area contributed by atoms with Crippen molar-refractivity contribution in [3.8, 4) is 0 Å². The van der Waals surface area contributed by atoms with Crippen LogP contribution in [0.25, 0.3) is 0 Å². The van der Waals surface area contributed by atoms with E-state index in [0.717, 1.165) is 26.2 Å². The Hall–Kier alpha value is -1.21. The van der Waals surface area contributed by atoms with Crippen LogP contribution in [0.4, 0.5) is 0 Å². The van der Waals surface area contributed by atoms with E-state index in [-0.39, 0.29) is 0 Å². The van der Waals surface area contributed by atoms with Crippen LogP contribution >= 0.6 is 0 Å². The van der Waals surface area contributed by atoms with Crippen molar-refractivity contribution in [2.45, 2.75) is 40.8 Å². The molecule has 0 unspecified atom stereocenters. The Balaban J connectivity index is 2.86. The Bertz CT molecular complexity index is 638. The molecule has 0 heterocycles. The van der Waals surface area contributed by atoms with E-state index < -0.39 is 15.5 Å². The average Bonchev–Trinajstić information content (AvgIpc) is 2.69. The summed E-state index contributed by atoms with van der Waals surface area (Å²) in [6.45, 7) is 19.0. The highest BCUT2D eigenvalue weighted by atomic mass is 29.3. The van der Waals surface area contributed by atoms with Gasteiger partial charge in [-0.2, -0.15) is 0 Å². The van der Waals surface area contributed by atoms with Crippen molar-refractivity contribution in [3.63, 3.8) is 0 Å². The van der Waals surface area contributed by atoms with Crippen molar-refractivity contribution in [3.05, 3.63) is 60.7 Å². The fourth-order valence-electron chi connectivity index (χ4n) is 4.81. The number of benzene rings is 2. The van der Waals surface area contributed by atoms with Gasteiger partial charge in [0.25, 0.3) is 0 Å². The van der Waals surface area contributed by atoms with Gasteiger partial charge in [-0.05, 0) is 31.4 Å². The molecule has 0 aliphatic rings. The minimum absolute atomic E-state index is 1.11. The second kappa shape index (κ2) is 9.13. The van der Waals surface area contributed by atoms with Crippen LogP contribution in [0, 0.1) is 0 Å². The van der Waals surface area contributed by atoms with Crippen LogP contribution < -0.4 is 10.4 Å². The second-order valence-electron chi connectivity index (χ2n) is 7.37. The van der Waals surface area contributed by atoms with E-state index in [1.165, 1.54) is 0 Å². The minimum atomic E-state index is -2.09. The van der Waals surface area contributed by atoms with Gasteiger partial charge in [0.15, 0.2) is 0 Å². The maximum atomic E-state index is 2.84. The van der Waals surface area contributed by atoms with Gasteiger partial charge in [0.05, 0.1) is 0 Å². The SMILES string of the molecule is CCN(CC)[Si](c1ccccc1)(N(CC)CC)[Si](C)(C)c1ccccc1. The molecule has 4 heteroatoms. The van der Waals surface area contributed by atoms with E-state index in [9.17, 15) is 0 Å². The monoisotopic (exact) mass is 384 g/mol. The molecule has 0 fully saturated rings. The standard InChI is InChI=1S/C22H36N2Si2/c1-7-23(8-2)26(24(9-3)10-4,22-19-15-12-16-20-22)25(5,6)21-17-13-11-14-18-21/h11-20H,7-10H2,1-6H3. The molecule has 0 saturated heterocycles. The van der Waals surface area contributed by atoms with Crippen molar-refractivity contribution in [1.82, 2.24) is 9.13 Å². The number of nitrogens with zero attached hydrogens (tertiary/aromatic N) is 2. The molecule has 2 aromatic rings. The van der Waals surface area contributed by atoms with Crippen molar-refractivity contribution >= 4 is 25.9 Å². The normalized spacial score (nSPS) is 12.8. The lowest BCUT2D eigenvalue weighted by molar-refractivity contribution is 0.377. The van der Waals surface area contributed by atoms with Crippen molar-refractivity contribution in [2.75, 3.05) is 26.2 Å². The highest BCUT2D eigenvalue weighted by Crippen LogP contribution is 2.27. The lowest BCUT2D eigenvalue weighted by Crippen LogP contribution is -2.87. The lowest BCUT2D eigenvalue weighted by atomic mass is 10.4. The molecule has 0 bridgehead atoms. The van der Waals surface area contributed by atoms with E-state index in [2.05, 4.69) is 111 Å². The van der Waals surface area contributed by atoms with Gasteiger partial charge in [-0.3, -0.25) is 0 Å². The van der Waals surface area contributed by atoms with Crippen molar-refractivity contribution < 1.29 is 0 Å². The zero-order chi connectivity index (χ0) is 19.2. The average molecular weight is 385 g/mol. The van der Waals surface area contributed by atoms with E-state index >= 15 is 0 Å². The number of hydrogen-bond acceptors (Lipinski definition) is 2. The van der Waals surface area contributed by atoms with Crippen LogP contribution in [0.1, 0.15) is 27.7 Å². The molecule has 2 aromatic carbocycles. The van der Waals surface area contributed by atoms with Gasteiger partial charge in [-0.25, -0.2) is 0 Å². The van der Waals surface area contributed by atoms with Gasteiger partial charge in [0.1, 0.15) is 7.59 Å². The molecule has 142 valence electrons. The fourth-order valence-corrected chi connectivity index (χ4v) is 23.2. The van der Waals surface area contributed by atoms with Gasteiger partial charge in [-0.15, -0.1) is 0 Å². The maximum absolute atomic E-state index is 2.84. The first kappa shape index (κ1) is 21.1. The second-order valence-corrected chi connectivity index (χ2v) is 20.2. The van der Waals surface area contributed by atoms with E-state index in [4.69, 9.17) is 0 Å². The van der Waals surface area contributed by atoms with Crippen LogP contribution in [-0.4, -0.2) is 50.8 Å². The van der Waals surface area contributed by atoms with Crippen molar-refractivity contribution in [1.29, 1.82) is 0 Å². The maximum Gasteiger partial charge on any atom is 0.229 e. The third-order valence-electron chi connectivity index (χ3n) is 5.99. The van der Waals surface area contributed by atoms with Gasteiger partial charge < -0.3 is 9.13 Å². The van der Waals surface area contributed by atoms with Crippen LogP contribution in [0.3, 0.4) is 0 Å². The number of rotatable bonds is 9. The molecule has 0 amide bonds. The highest BCUT2D eigenvalue weighted by molar-refractivity contribution is 7.48. The zero-order valence-corrected chi connectivity index (χ0v) is 19.5. The van der Waals surface area contributed by atoms with Crippen LogP contribution in [0.2, 0.25) is 13.1 Å². The molecular formula is C22H36N2Si2. The summed E-state index contributed by atoms with van der Waals surface area (Å²) >= 11 is 0. The molecule has 0 aromatic heterocycles. The molecule has 0 radical (unpaired) electrons. The molecule has 2 rings (SSSR count). The topological polar surface area (TPSA) is 6.48 Å². The smallest absolute Gasteiger partial charge is 0.229 e. The van der Waals surface area contributed by atoms with Crippen LogP contribution in [-0.2, 0) is 0 Å². The van der Waals surface area contributed by atoms with Crippen molar-refractivity contribution in [2.24, 2.45) is 0 Å². The summed E-state index contributed by atoms with van der Waals surface area (Å²) in [6.07, 6.45) is 0. The predicted octanol–water partition coefficient (Wildman–Crippen LogP) is 3.71. The van der Waals surface area contributed by atoms with E-state index in [1.54, 1.807) is 10.4 Å². The largest absolute Gasteiger partial charge is 0.311 e. The molecule has 0 spiro atoms. The van der Waals surface area contributed by atoms with Gasteiger partial charge in [-0.1, -0.05) is 107 Å². The van der Waals surface area contributed by atoms with E-state index in [0.29, 0.717) is 0 Å². The lowest BCUT2D eigenvalue weighted by Gasteiger charge is -2.56. The fraction of sp³-hybridized carbons (Fsp3) is 0.455. The minimum Gasteiger partial charge on any atom is -0.311 e. The Labute approximate surface area is 162 Å². The van der Waals surface area contributed by atoms with Gasteiger partial charge >= 0.3 is 0 Å². The summed E-state index contributed by atoms with van der Waals surface area (Å²) in [5.74, 6) is 0. The molecule has 0 N–H and O–H groups in total. The molecule has 0 aliphatic heterocycles. The first-order valence-electron chi connectivity index (χ1n) is 10.1. The molecule has 0 saturated carbocycles. The van der Waals surface area contributed by atoms with Gasteiger partial charge in [0.2, 0.25) is 7.91 Å². The first-order chi connectivity index (χ1) is 12.5. The summed E-state index contributed by atoms with van der Waals surface area (Å²) in [6, 6.07) is 22.8. The summed E-state index contributed by atoms with van der Waals surface area (Å²) in [4.78, 5) is 0. The van der Waals surface area contributed by atoms with Gasteiger partial charge in [0, 0.05) is 0 Å². The Kier molecular flexibility index (Phi) is 7.41. The first-order valence-corrected chi connectivity index (χ1v) is 16.0. The molecule has 26 heavy (non-hydrogen) atoms. The Morgan fingerprint density at radius 1 is 0.577 bits per heavy atom. The third kappa shape index (κ3) is 3.48. The Morgan fingerprint density at radius 3 is 1.27 bits per heavy atom. The third-order valence-corrected chi connectivity index (χ3v) is 22.6. The number of hydrogen-bond donors (Lipinski definition) is 0. The molecular weight excluding hydrogens is 348 g/mol. The summed E-state index contributed by atoms with van der Waals surface area (Å²) < 4.78 is 5.68. The van der Waals surface area contributed by atoms with Crippen LogP contribution in [0.15, 0.2) is 60.7 Å². The van der Waals surface area contributed by atoms with E-state index in [1.807, 2.05) is 0 Å². The summed E-state index contributed by atoms with van der Waals surface area (Å²) in [5, 5.41) is 3.15. The molecule has 0 atom stereocenters. The van der Waals surface area contributed by atoms with Crippen LogP contribution in [0.5, 0.6) is 0 Å². The zero-order valence-electron chi connectivity index (χ0n) is 17.5. The quantitative estimate of drug-likeness (QED) is 0.608. The molecule has 0 aliphatic carbocycles. The Morgan fingerprint density at radius 2 is 0.923 bits per heavy atom.